The number of nitrogens with zero attached hydrogens (tertiary/aromatic N) is 1. The van der Waals surface area contributed by atoms with E-state index in [9.17, 15) is 4.79 Å². The lowest BCUT2D eigenvalue weighted by Gasteiger charge is -2.26. The first-order valence-corrected chi connectivity index (χ1v) is 5.07. The summed E-state index contributed by atoms with van der Waals surface area (Å²) in [6, 6.07) is -0.112. The molecule has 1 fully saturated rings. The molecule has 1 N–H and O–H groups in total. The van der Waals surface area contributed by atoms with Gasteiger partial charge in [0.05, 0.1) is 13.2 Å². The number of amides is 2. The molecule has 0 aromatic rings. The van der Waals surface area contributed by atoms with E-state index in [2.05, 4.69) is 5.32 Å². The molecule has 1 aliphatic heterocycles. The first kappa shape index (κ1) is 11.6. The molecule has 0 aromatic carbocycles. The fraction of sp³-hybridized carbons (Fsp3) is 0.625. The summed E-state index contributed by atoms with van der Waals surface area (Å²) in [6.07, 6.45) is 1.53. The lowest BCUT2D eigenvalue weighted by atomic mass is 10.4. The van der Waals surface area contributed by atoms with E-state index >= 15 is 0 Å². The Morgan fingerprint density at radius 1 is 1.43 bits per heavy atom. The number of nitrogens with one attached hydrogen (secondary N) is 1. The predicted octanol–water partition coefficient (Wildman–Crippen LogP) is 1.35. The largest absolute Gasteiger partial charge is 0.378 e. The number of morpholine rings is 1. The van der Waals surface area contributed by atoms with Crippen LogP contribution in [-0.2, 0) is 4.74 Å². The quantitative estimate of drug-likeness (QED) is 0.790. The van der Waals surface area contributed by atoms with Crippen LogP contribution in [0.5, 0.6) is 0 Å². The van der Waals surface area contributed by atoms with Gasteiger partial charge in [0.15, 0.2) is 0 Å². The monoisotopic (exact) mass is 238 g/mol. The Bertz CT molecular complexity index is 223. The smallest absolute Gasteiger partial charge is 0.317 e. The van der Waals surface area contributed by atoms with Crippen molar-refractivity contribution in [3.05, 3.63) is 10.6 Å². The number of rotatable bonds is 2. The third-order valence-electron chi connectivity index (χ3n) is 1.81. The van der Waals surface area contributed by atoms with Crippen LogP contribution < -0.4 is 5.32 Å². The third-order valence-corrected chi connectivity index (χ3v) is 2.12. The maximum atomic E-state index is 11.4. The van der Waals surface area contributed by atoms with Crippen LogP contribution in [0.4, 0.5) is 4.79 Å². The second-order valence-electron chi connectivity index (χ2n) is 2.78. The molecule has 1 aliphatic rings. The average molecular weight is 239 g/mol. The lowest BCUT2D eigenvalue weighted by molar-refractivity contribution is 0.0534. The molecule has 0 spiro atoms. The molecule has 0 atom stereocenters. The summed E-state index contributed by atoms with van der Waals surface area (Å²) in [6.45, 7) is 2.80. The molecule has 4 nitrogen and oxygen atoms in total. The van der Waals surface area contributed by atoms with E-state index in [4.69, 9.17) is 27.9 Å². The first-order chi connectivity index (χ1) is 6.70. The Morgan fingerprint density at radius 2 is 2.07 bits per heavy atom. The molecule has 0 aromatic heterocycles. The van der Waals surface area contributed by atoms with Gasteiger partial charge in [0.1, 0.15) is 4.49 Å². The molecular formula is C8H12Cl2N2O2. The van der Waals surface area contributed by atoms with Gasteiger partial charge in [-0.25, -0.2) is 4.79 Å². The summed E-state index contributed by atoms with van der Waals surface area (Å²) >= 11 is 10.8. The number of carbonyl (C=O) groups is 1. The van der Waals surface area contributed by atoms with Crippen molar-refractivity contribution in [3.63, 3.8) is 0 Å². The summed E-state index contributed by atoms with van der Waals surface area (Å²) < 4.78 is 5.28. The second-order valence-corrected chi connectivity index (χ2v) is 3.79. The van der Waals surface area contributed by atoms with E-state index in [1.807, 2.05) is 0 Å². The minimum atomic E-state index is -0.112. The zero-order valence-corrected chi connectivity index (χ0v) is 9.14. The maximum absolute atomic E-state index is 11.4. The number of hydrogen-bond acceptors (Lipinski definition) is 2. The highest BCUT2D eigenvalue weighted by molar-refractivity contribution is 6.55. The van der Waals surface area contributed by atoms with Gasteiger partial charge < -0.3 is 15.0 Å². The molecule has 0 saturated carbocycles. The van der Waals surface area contributed by atoms with Gasteiger partial charge in [0.25, 0.3) is 0 Å². The Balaban J connectivity index is 2.23. The summed E-state index contributed by atoms with van der Waals surface area (Å²) in [4.78, 5) is 13.1. The number of halogens is 2. The van der Waals surface area contributed by atoms with Crippen LogP contribution in [0.2, 0.25) is 0 Å². The third kappa shape index (κ3) is 4.17. The van der Waals surface area contributed by atoms with Gasteiger partial charge in [0, 0.05) is 19.6 Å². The van der Waals surface area contributed by atoms with Gasteiger partial charge in [-0.15, -0.1) is 0 Å². The topological polar surface area (TPSA) is 41.6 Å². The normalized spacial score (nSPS) is 16.3. The van der Waals surface area contributed by atoms with Gasteiger partial charge in [0.2, 0.25) is 0 Å². The van der Waals surface area contributed by atoms with Gasteiger partial charge in [-0.3, -0.25) is 0 Å². The number of ether oxygens (including phenoxy) is 1. The van der Waals surface area contributed by atoms with Crippen molar-refractivity contribution in [3.8, 4) is 0 Å². The molecule has 0 unspecified atom stereocenters. The van der Waals surface area contributed by atoms with Gasteiger partial charge in [-0.05, 0) is 6.08 Å². The summed E-state index contributed by atoms with van der Waals surface area (Å²) in [5, 5.41) is 2.67. The van der Waals surface area contributed by atoms with Crippen molar-refractivity contribution < 1.29 is 9.53 Å². The molecule has 1 rings (SSSR count). The molecule has 0 bridgehead atoms. The highest BCUT2D eigenvalue weighted by atomic mass is 35.5. The molecule has 0 aliphatic carbocycles. The molecule has 14 heavy (non-hydrogen) atoms. The first-order valence-electron chi connectivity index (χ1n) is 4.32. The summed E-state index contributed by atoms with van der Waals surface area (Å²) in [5.41, 5.74) is 0. The van der Waals surface area contributed by atoms with Crippen molar-refractivity contribution in [1.29, 1.82) is 0 Å². The number of carbonyl (C=O) groups excluding carboxylic acids is 1. The lowest BCUT2D eigenvalue weighted by Crippen LogP contribution is -2.46. The SMILES string of the molecule is O=C(NCC=C(Cl)Cl)N1CCOCC1. The fourth-order valence-corrected chi connectivity index (χ4v) is 1.25. The standard InChI is InChI=1S/C8H12Cl2N2O2/c9-7(10)1-2-11-8(13)12-3-5-14-6-4-12/h1H,2-6H2,(H,11,13). The zero-order valence-electron chi connectivity index (χ0n) is 7.63. The van der Waals surface area contributed by atoms with Crippen LogP contribution in [0.1, 0.15) is 0 Å². The molecule has 1 saturated heterocycles. The predicted molar refractivity (Wildman–Crippen MR) is 55.6 cm³/mol. The highest BCUT2D eigenvalue weighted by Crippen LogP contribution is 2.04. The van der Waals surface area contributed by atoms with Crippen molar-refractivity contribution in [2.45, 2.75) is 0 Å². The zero-order chi connectivity index (χ0) is 10.4. The van der Waals surface area contributed by atoms with Gasteiger partial charge in [-0.1, -0.05) is 23.2 Å². The fourth-order valence-electron chi connectivity index (χ4n) is 1.09. The van der Waals surface area contributed by atoms with Crippen molar-refractivity contribution in [1.82, 2.24) is 10.2 Å². The van der Waals surface area contributed by atoms with Crippen LogP contribution in [0.25, 0.3) is 0 Å². The van der Waals surface area contributed by atoms with Crippen molar-refractivity contribution >= 4 is 29.2 Å². The van der Waals surface area contributed by atoms with E-state index in [1.54, 1.807) is 4.90 Å². The van der Waals surface area contributed by atoms with E-state index in [0.717, 1.165) is 0 Å². The van der Waals surface area contributed by atoms with E-state index in [0.29, 0.717) is 32.8 Å². The van der Waals surface area contributed by atoms with Crippen LogP contribution in [-0.4, -0.2) is 43.8 Å². The molecular weight excluding hydrogens is 227 g/mol. The minimum absolute atomic E-state index is 0.112. The summed E-state index contributed by atoms with van der Waals surface area (Å²) in [5.74, 6) is 0. The van der Waals surface area contributed by atoms with E-state index in [-0.39, 0.29) is 10.5 Å². The molecule has 6 heteroatoms. The Hall–Kier alpha value is -0.450. The van der Waals surface area contributed by atoms with Crippen molar-refractivity contribution in [2.24, 2.45) is 0 Å². The highest BCUT2D eigenvalue weighted by Gasteiger charge is 2.15. The van der Waals surface area contributed by atoms with Gasteiger partial charge in [-0.2, -0.15) is 0 Å². The molecule has 1 heterocycles. The van der Waals surface area contributed by atoms with E-state index in [1.165, 1.54) is 6.08 Å². The average Bonchev–Trinajstić information content (AvgIpc) is 2.18. The molecule has 0 radical (unpaired) electrons. The molecule has 2 amide bonds. The van der Waals surface area contributed by atoms with Gasteiger partial charge >= 0.3 is 6.03 Å². The Labute approximate surface area is 92.8 Å². The van der Waals surface area contributed by atoms with Crippen LogP contribution in [0.3, 0.4) is 0 Å². The van der Waals surface area contributed by atoms with Crippen molar-refractivity contribution in [2.75, 3.05) is 32.8 Å². The summed E-state index contributed by atoms with van der Waals surface area (Å²) in [7, 11) is 0. The second kappa shape index (κ2) is 6.11. The van der Waals surface area contributed by atoms with Crippen LogP contribution in [0.15, 0.2) is 10.6 Å². The Kier molecular flexibility index (Phi) is 5.07. The number of hydrogen-bond donors (Lipinski definition) is 1. The van der Waals surface area contributed by atoms with Crippen LogP contribution in [0, 0.1) is 0 Å². The molecule has 80 valence electrons. The Morgan fingerprint density at radius 3 is 2.64 bits per heavy atom. The maximum Gasteiger partial charge on any atom is 0.317 e. The van der Waals surface area contributed by atoms with E-state index < -0.39 is 0 Å². The minimum Gasteiger partial charge on any atom is -0.378 e. The van der Waals surface area contributed by atoms with Crippen LogP contribution >= 0.6 is 23.2 Å². The number of urea groups is 1.